The quantitative estimate of drug-likeness (QED) is 0.476. The first-order chi connectivity index (χ1) is 15.0. The van der Waals surface area contributed by atoms with Crippen LogP contribution in [-0.2, 0) is 11.2 Å². The largest absolute Gasteiger partial charge is 0.463 e. The maximum absolute atomic E-state index is 12.5. The first-order valence-corrected chi connectivity index (χ1v) is 11.6. The molecule has 1 saturated heterocycles. The number of hydrazone groups is 1. The minimum absolute atomic E-state index is 0.198. The highest BCUT2D eigenvalue weighted by molar-refractivity contribution is 6.32. The SMILES string of the molecule is Cc1[nH]c(C=C2C(=O)NN=C2c2ccco2)c(C(C)C)c1CCCCN1CCCCC1. The van der Waals surface area contributed by atoms with Crippen molar-refractivity contribution in [1.29, 1.82) is 0 Å². The zero-order chi connectivity index (χ0) is 21.8. The van der Waals surface area contributed by atoms with E-state index in [0.29, 0.717) is 23.0 Å². The second-order valence-electron chi connectivity index (χ2n) is 9.01. The summed E-state index contributed by atoms with van der Waals surface area (Å²) in [5.41, 5.74) is 8.57. The molecule has 0 saturated carbocycles. The van der Waals surface area contributed by atoms with Crippen molar-refractivity contribution in [2.75, 3.05) is 19.6 Å². The number of nitrogens with zero attached hydrogens (tertiary/aromatic N) is 2. The van der Waals surface area contributed by atoms with Gasteiger partial charge in [0.2, 0.25) is 0 Å². The summed E-state index contributed by atoms with van der Waals surface area (Å²) in [5.74, 6) is 0.760. The van der Waals surface area contributed by atoms with Crippen LogP contribution in [0.15, 0.2) is 33.5 Å². The lowest BCUT2D eigenvalue weighted by atomic mass is 9.93. The Hall–Kier alpha value is -2.60. The first kappa shape index (κ1) is 21.6. The molecule has 6 nitrogen and oxygen atoms in total. The summed E-state index contributed by atoms with van der Waals surface area (Å²) in [6.45, 7) is 10.3. The molecule has 2 N–H and O–H groups in total. The average molecular weight is 423 g/mol. The number of nitrogens with one attached hydrogen (secondary N) is 2. The fourth-order valence-corrected chi connectivity index (χ4v) is 4.84. The fraction of sp³-hybridized carbons (Fsp3) is 0.520. The van der Waals surface area contributed by atoms with Gasteiger partial charge in [-0.25, -0.2) is 5.43 Å². The molecule has 166 valence electrons. The molecule has 0 aromatic carbocycles. The topological polar surface area (TPSA) is 73.6 Å². The van der Waals surface area contributed by atoms with E-state index in [9.17, 15) is 4.79 Å². The molecule has 6 heteroatoms. The lowest BCUT2D eigenvalue weighted by molar-refractivity contribution is -0.116. The second-order valence-corrected chi connectivity index (χ2v) is 9.01. The third-order valence-corrected chi connectivity index (χ3v) is 6.38. The maximum atomic E-state index is 12.5. The van der Waals surface area contributed by atoms with Crippen LogP contribution in [0.5, 0.6) is 0 Å². The third-order valence-electron chi connectivity index (χ3n) is 6.38. The van der Waals surface area contributed by atoms with Crippen molar-refractivity contribution in [1.82, 2.24) is 15.3 Å². The van der Waals surface area contributed by atoms with Crippen LogP contribution >= 0.6 is 0 Å². The van der Waals surface area contributed by atoms with Gasteiger partial charge in [0.25, 0.3) is 5.91 Å². The fourth-order valence-electron chi connectivity index (χ4n) is 4.84. The lowest BCUT2D eigenvalue weighted by Crippen LogP contribution is -2.30. The molecule has 0 bridgehead atoms. The van der Waals surface area contributed by atoms with E-state index < -0.39 is 0 Å². The van der Waals surface area contributed by atoms with Crippen molar-refractivity contribution < 1.29 is 9.21 Å². The molecule has 0 unspecified atom stereocenters. The molecule has 2 aromatic rings. The van der Waals surface area contributed by atoms with Crippen LogP contribution in [0.1, 0.15) is 80.1 Å². The molecule has 2 aliphatic rings. The number of piperidine rings is 1. The molecule has 0 atom stereocenters. The summed E-state index contributed by atoms with van der Waals surface area (Å²) in [5, 5.41) is 4.18. The molecule has 31 heavy (non-hydrogen) atoms. The van der Waals surface area contributed by atoms with Crippen LogP contribution in [0, 0.1) is 6.92 Å². The molecule has 2 aromatic heterocycles. The van der Waals surface area contributed by atoms with Crippen LogP contribution in [-0.4, -0.2) is 41.1 Å². The Morgan fingerprint density at radius 2 is 2.03 bits per heavy atom. The van der Waals surface area contributed by atoms with Crippen LogP contribution in [0.2, 0.25) is 0 Å². The summed E-state index contributed by atoms with van der Waals surface area (Å²) in [4.78, 5) is 18.6. The number of carbonyl (C=O) groups is 1. The Morgan fingerprint density at radius 3 is 2.74 bits per heavy atom. The van der Waals surface area contributed by atoms with E-state index in [1.165, 1.54) is 68.6 Å². The normalized spacial score (nSPS) is 18.8. The molecule has 1 fully saturated rings. The van der Waals surface area contributed by atoms with Gasteiger partial charge in [0.15, 0.2) is 5.76 Å². The van der Waals surface area contributed by atoms with Crippen molar-refractivity contribution >= 4 is 17.7 Å². The Balaban J connectivity index is 1.51. The summed E-state index contributed by atoms with van der Waals surface area (Å²) in [6.07, 6.45) is 11.1. The van der Waals surface area contributed by atoms with Crippen LogP contribution in [0.3, 0.4) is 0 Å². The predicted molar refractivity (Wildman–Crippen MR) is 124 cm³/mol. The highest BCUT2D eigenvalue weighted by Crippen LogP contribution is 2.31. The number of unbranched alkanes of at least 4 members (excludes halogenated alkanes) is 1. The number of hydrogen-bond acceptors (Lipinski definition) is 4. The number of aromatic nitrogens is 1. The summed E-state index contributed by atoms with van der Waals surface area (Å²) in [7, 11) is 0. The van der Waals surface area contributed by atoms with E-state index in [2.05, 4.69) is 41.2 Å². The van der Waals surface area contributed by atoms with Crippen LogP contribution in [0.4, 0.5) is 0 Å². The molecule has 2 aliphatic heterocycles. The number of hydrogen-bond donors (Lipinski definition) is 2. The predicted octanol–water partition coefficient (Wildman–Crippen LogP) is 4.77. The van der Waals surface area contributed by atoms with Gasteiger partial charge < -0.3 is 14.3 Å². The van der Waals surface area contributed by atoms with Gasteiger partial charge in [0, 0.05) is 11.4 Å². The lowest BCUT2D eigenvalue weighted by Gasteiger charge is -2.26. The molecule has 4 rings (SSSR count). The van der Waals surface area contributed by atoms with Crippen molar-refractivity contribution in [2.45, 2.75) is 65.2 Å². The van der Waals surface area contributed by atoms with Gasteiger partial charge in [-0.1, -0.05) is 20.3 Å². The molecule has 0 spiro atoms. The molecule has 1 amide bonds. The number of H-pyrrole nitrogens is 1. The van der Waals surface area contributed by atoms with E-state index in [4.69, 9.17) is 4.42 Å². The highest BCUT2D eigenvalue weighted by Gasteiger charge is 2.27. The Kier molecular flexibility index (Phi) is 6.76. The zero-order valence-corrected chi connectivity index (χ0v) is 19.0. The van der Waals surface area contributed by atoms with E-state index in [0.717, 1.165) is 12.1 Å². The number of carbonyl (C=O) groups excluding carboxylic acids is 1. The van der Waals surface area contributed by atoms with Crippen molar-refractivity contribution in [2.24, 2.45) is 5.10 Å². The van der Waals surface area contributed by atoms with Crippen LogP contribution in [0.25, 0.3) is 6.08 Å². The number of amides is 1. The molecular weight excluding hydrogens is 388 g/mol. The van der Waals surface area contributed by atoms with Gasteiger partial charge in [-0.2, -0.15) is 5.10 Å². The van der Waals surface area contributed by atoms with Gasteiger partial charge >= 0.3 is 0 Å². The number of likely N-dealkylation sites (tertiary alicyclic amines) is 1. The Morgan fingerprint density at radius 1 is 1.23 bits per heavy atom. The van der Waals surface area contributed by atoms with Gasteiger partial charge in [-0.3, -0.25) is 4.79 Å². The number of aryl methyl sites for hydroxylation is 1. The summed E-state index contributed by atoms with van der Waals surface area (Å²) >= 11 is 0. The minimum Gasteiger partial charge on any atom is -0.463 e. The van der Waals surface area contributed by atoms with Gasteiger partial charge in [-0.15, -0.1) is 0 Å². The van der Waals surface area contributed by atoms with E-state index in [-0.39, 0.29) is 5.91 Å². The molecule has 0 radical (unpaired) electrons. The Bertz CT molecular complexity index is 960. The number of aromatic amines is 1. The summed E-state index contributed by atoms with van der Waals surface area (Å²) in [6, 6.07) is 3.63. The van der Waals surface area contributed by atoms with Crippen LogP contribution < -0.4 is 5.43 Å². The zero-order valence-electron chi connectivity index (χ0n) is 19.0. The van der Waals surface area contributed by atoms with Crippen molar-refractivity contribution in [3.8, 4) is 0 Å². The van der Waals surface area contributed by atoms with Gasteiger partial charge in [-0.05, 0) is 93.9 Å². The minimum atomic E-state index is -0.198. The van der Waals surface area contributed by atoms with Crippen molar-refractivity contribution in [3.63, 3.8) is 0 Å². The smallest absolute Gasteiger partial charge is 0.273 e. The monoisotopic (exact) mass is 422 g/mol. The van der Waals surface area contributed by atoms with Crippen molar-refractivity contribution in [3.05, 3.63) is 52.2 Å². The van der Waals surface area contributed by atoms with E-state index >= 15 is 0 Å². The number of rotatable bonds is 8. The Labute approximate surface area is 184 Å². The molecular formula is C25H34N4O2. The second kappa shape index (κ2) is 9.69. The van der Waals surface area contributed by atoms with Gasteiger partial charge in [0.05, 0.1) is 11.8 Å². The molecule has 0 aliphatic carbocycles. The first-order valence-electron chi connectivity index (χ1n) is 11.6. The maximum Gasteiger partial charge on any atom is 0.273 e. The van der Waals surface area contributed by atoms with E-state index in [1.54, 1.807) is 12.3 Å². The average Bonchev–Trinajstić information content (AvgIpc) is 3.47. The highest BCUT2D eigenvalue weighted by atomic mass is 16.3. The summed E-state index contributed by atoms with van der Waals surface area (Å²) < 4.78 is 5.48. The van der Waals surface area contributed by atoms with E-state index in [1.807, 2.05) is 12.1 Å². The third kappa shape index (κ3) is 4.85. The van der Waals surface area contributed by atoms with Gasteiger partial charge in [0.1, 0.15) is 5.71 Å². The standard InChI is InChI=1S/C25H34N4O2/c1-17(2)23-19(10-5-8-14-29-12-6-4-7-13-29)18(3)26-21(23)16-20-24(27-28-25(20)30)22-11-9-15-31-22/h9,11,15-17,26H,4-8,10,12-14H2,1-3H3,(H,28,30). The molecule has 4 heterocycles. The number of furan rings is 1.